The molecule has 2 rings (SSSR count). The summed E-state index contributed by atoms with van der Waals surface area (Å²) in [6.45, 7) is 6.38. The fraction of sp³-hybridized carbons (Fsp3) is 0.524. The second-order valence-electron chi connectivity index (χ2n) is 7.42. The Kier molecular flexibility index (Phi) is 8.32. The number of ether oxygens (including phenoxy) is 1. The van der Waals surface area contributed by atoms with Crippen molar-refractivity contribution in [1.82, 2.24) is 9.55 Å². The number of benzene rings is 1. The van der Waals surface area contributed by atoms with Gasteiger partial charge in [0.2, 0.25) is 0 Å². The summed E-state index contributed by atoms with van der Waals surface area (Å²) >= 11 is 0. The lowest BCUT2D eigenvalue weighted by Gasteiger charge is -2.26. The Bertz CT molecular complexity index is 843. The first-order chi connectivity index (χ1) is 13.4. The number of nitrogens with one attached hydrogen (secondary N) is 1. The lowest BCUT2D eigenvalue weighted by atomic mass is 10.1. The van der Waals surface area contributed by atoms with Gasteiger partial charge in [-0.05, 0) is 30.7 Å². The minimum atomic E-state index is -0.457. The number of hydrogen-bond donors (Lipinski definition) is 2. The number of aromatic nitrogens is 2. The van der Waals surface area contributed by atoms with E-state index in [1.165, 1.54) is 10.1 Å². The Labute approximate surface area is 166 Å². The molecule has 154 valence electrons. The molecule has 1 heterocycles. The highest BCUT2D eigenvalue weighted by molar-refractivity contribution is 5.62. The van der Waals surface area contributed by atoms with Crippen LogP contribution in [0.1, 0.15) is 32.3 Å². The van der Waals surface area contributed by atoms with E-state index in [0.717, 1.165) is 19.3 Å². The second-order valence-corrected chi connectivity index (χ2v) is 7.42. The largest absolute Gasteiger partial charge is 0.385 e. The van der Waals surface area contributed by atoms with Crippen LogP contribution in [0.3, 0.4) is 0 Å². The molecule has 1 aromatic carbocycles. The number of nitrogens with two attached hydrogens (primary N) is 1. The van der Waals surface area contributed by atoms with Gasteiger partial charge in [-0.2, -0.15) is 0 Å². The number of nitrogen functional groups attached to an aromatic ring is 1. The summed E-state index contributed by atoms with van der Waals surface area (Å²) in [4.78, 5) is 29.2. The summed E-state index contributed by atoms with van der Waals surface area (Å²) in [7, 11) is 1.66. The van der Waals surface area contributed by atoms with Gasteiger partial charge in [-0.25, -0.2) is 4.79 Å². The van der Waals surface area contributed by atoms with Crippen LogP contribution in [0, 0.1) is 5.92 Å². The van der Waals surface area contributed by atoms with Crippen molar-refractivity contribution < 1.29 is 4.74 Å². The first kappa shape index (κ1) is 21.8. The van der Waals surface area contributed by atoms with Crippen molar-refractivity contribution in [2.24, 2.45) is 5.92 Å². The average Bonchev–Trinajstić information content (AvgIpc) is 2.65. The van der Waals surface area contributed by atoms with E-state index in [1.807, 2.05) is 36.9 Å². The van der Waals surface area contributed by atoms with Gasteiger partial charge in [0, 0.05) is 33.4 Å². The van der Waals surface area contributed by atoms with E-state index in [4.69, 9.17) is 10.5 Å². The van der Waals surface area contributed by atoms with Crippen molar-refractivity contribution in [3.63, 3.8) is 0 Å². The van der Waals surface area contributed by atoms with Gasteiger partial charge in [-0.3, -0.25) is 14.3 Å². The third-order valence-electron chi connectivity index (χ3n) is 4.59. The van der Waals surface area contributed by atoms with Crippen LogP contribution < -0.4 is 21.9 Å². The molecule has 28 heavy (non-hydrogen) atoms. The van der Waals surface area contributed by atoms with Crippen LogP contribution in [0.2, 0.25) is 0 Å². The van der Waals surface area contributed by atoms with E-state index in [0.29, 0.717) is 31.9 Å². The lowest BCUT2D eigenvalue weighted by molar-refractivity contribution is 0.196. The Morgan fingerprint density at radius 1 is 1.14 bits per heavy atom. The van der Waals surface area contributed by atoms with Crippen molar-refractivity contribution in [3.05, 3.63) is 56.7 Å². The summed E-state index contributed by atoms with van der Waals surface area (Å²) in [5, 5.41) is 0. The summed E-state index contributed by atoms with van der Waals surface area (Å²) in [5.74, 6) is 0.471. The van der Waals surface area contributed by atoms with Gasteiger partial charge in [0.15, 0.2) is 0 Å². The minimum Gasteiger partial charge on any atom is -0.385 e. The van der Waals surface area contributed by atoms with Gasteiger partial charge in [0.1, 0.15) is 11.5 Å². The molecule has 0 aliphatic rings. The van der Waals surface area contributed by atoms with Gasteiger partial charge >= 0.3 is 5.69 Å². The number of H-pyrrole nitrogens is 1. The van der Waals surface area contributed by atoms with Crippen LogP contribution in [0.5, 0.6) is 0 Å². The van der Waals surface area contributed by atoms with Crippen LogP contribution in [-0.4, -0.2) is 36.4 Å². The SMILES string of the molecule is COCCCN(CCCc1ccccc1)c1c(N)n(CC(C)C)c(=O)[nH]c1=O. The third kappa shape index (κ3) is 5.99. The molecule has 0 aliphatic carbocycles. The molecule has 0 bridgehead atoms. The van der Waals surface area contributed by atoms with E-state index < -0.39 is 11.2 Å². The van der Waals surface area contributed by atoms with Crippen molar-refractivity contribution in [3.8, 4) is 0 Å². The first-order valence-electron chi connectivity index (χ1n) is 9.84. The molecule has 0 aliphatic heterocycles. The maximum Gasteiger partial charge on any atom is 0.330 e. The minimum absolute atomic E-state index is 0.235. The van der Waals surface area contributed by atoms with E-state index in [-0.39, 0.29) is 11.7 Å². The number of aromatic amines is 1. The number of hydrogen-bond acceptors (Lipinski definition) is 5. The highest BCUT2D eigenvalue weighted by atomic mass is 16.5. The summed E-state index contributed by atoms with van der Waals surface area (Å²) in [6, 6.07) is 10.2. The highest BCUT2D eigenvalue weighted by Gasteiger charge is 2.19. The van der Waals surface area contributed by atoms with E-state index in [1.54, 1.807) is 7.11 Å². The number of anilines is 2. The smallest absolute Gasteiger partial charge is 0.330 e. The highest BCUT2D eigenvalue weighted by Crippen LogP contribution is 2.19. The maximum atomic E-state index is 12.6. The Morgan fingerprint density at radius 3 is 2.46 bits per heavy atom. The second kappa shape index (κ2) is 10.7. The molecule has 0 saturated carbocycles. The lowest BCUT2D eigenvalue weighted by Crippen LogP contribution is -2.40. The fourth-order valence-electron chi connectivity index (χ4n) is 3.28. The van der Waals surface area contributed by atoms with Crippen molar-refractivity contribution in [2.75, 3.05) is 37.4 Å². The Balaban J connectivity index is 2.26. The Morgan fingerprint density at radius 2 is 1.82 bits per heavy atom. The molecule has 0 fully saturated rings. The molecular weight excluding hydrogens is 356 g/mol. The standard InChI is InChI=1S/C21H32N4O3/c1-16(2)15-25-19(22)18(20(26)23-21(25)27)24(13-8-14-28-3)12-7-11-17-9-5-4-6-10-17/h4-6,9-10,16H,7-8,11-15,22H2,1-3H3,(H,23,26,27). The molecule has 0 amide bonds. The zero-order valence-corrected chi connectivity index (χ0v) is 17.1. The zero-order valence-electron chi connectivity index (χ0n) is 17.1. The maximum absolute atomic E-state index is 12.6. The quantitative estimate of drug-likeness (QED) is 0.576. The number of nitrogens with zero attached hydrogens (tertiary/aromatic N) is 2. The van der Waals surface area contributed by atoms with Crippen molar-refractivity contribution in [1.29, 1.82) is 0 Å². The van der Waals surface area contributed by atoms with Gasteiger partial charge in [0.05, 0.1) is 0 Å². The third-order valence-corrected chi connectivity index (χ3v) is 4.59. The van der Waals surface area contributed by atoms with Gasteiger partial charge < -0.3 is 15.4 Å². The predicted octanol–water partition coefficient (Wildman–Crippen LogP) is 2.25. The molecule has 0 atom stereocenters. The number of methoxy groups -OCH3 is 1. The molecule has 3 N–H and O–H groups in total. The van der Waals surface area contributed by atoms with Crippen LogP contribution in [0.4, 0.5) is 11.5 Å². The van der Waals surface area contributed by atoms with Gasteiger partial charge in [0.25, 0.3) is 5.56 Å². The predicted molar refractivity (Wildman–Crippen MR) is 114 cm³/mol. The molecule has 0 saturated heterocycles. The molecule has 0 unspecified atom stereocenters. The van der Waals surface area contributed by atoms with E-state index in [2.05, 4.69) is 17.1 Å². The van der Waals surface area contributed by atoms with Crippen molar-refractivity contribution >= 4 is 11.5 Å². The molecule has 1 aromatic heterocycles. The molecule has 7 heteroatoms. The normalized spacial score (nSPS) is 11.1. The fourth-order valence-corrected chi connectivity index (χ4v) is 3.28. The average molecular weight is 389 g/mol. The van der Waals surface area contributed by atoms with Crippen LogP contribution in [-0.2, 0) is 17.7 Å². The van der Waals surface area contributed by atoms with Crippen LogP contribution in [0.15, 0.2) is 39.9 Å². The number of rotatable bonds is 11. The summed E-state index contributed by atoms with van der Waals surface area (Å²) in [6.07, 6.45) is 2.55. The molecule has 7 nitrogen and oxygen atoms in total. The summed E-state index contributed by atoms with van der Waals surface area (Å²) < 4.78 is 6.62. The first-order valence-corrected chi connectivity index (χ1v) is 9.84. The van der Waals surface area contributed by atoms with Crippen molar-refractivity contribution in [2.45, 2.75) is 39.7 Å². The molecular formula is C21H32N4O3. The molecule has 0 radical (unpaired) electrons. The monoisotopic (exact) mass is 388 g/mol. The van der Waals surface area contributed by atoms with E-state index >= 15 is 0 Å². The van der Waals surface area contributed by atoms with Gasteiger partial charge in [-0.15, -0.1) is 0 Å². The molecule has 2 aromatic rings. The zero-order chi connectivity index (χ0) is 20.5. The number of aryl methyl sites for hydroxylation is 1. The summed E-state index contributed by atoms with van der Waals surface area (Å²) in [5.41, 5.74) is 7.04. The Hall–Kier alpha value is -2.54. The topological polar surface area (TPSA) is 93.3 Å². The van der Waals surface area contributed by atoms with E-state index in [9.17, 15) is 9.59 Å². The van der Waals surface area contributed by atoms with Gasteiger partial charge in [-0.1, -0.05) is 44.2 Å². The van der Waals surface area contributed by atoms with Crippen LogP contribution >= 0.6 is 0 Å². The molecule has 0 spiro atoms. The van der Waals surface area contributed by atoms with Crippen LogP contribution in [0.25, 0.3) is 0 Å².